The van der Waals surface area contributed by atoms with Crippen LogP contribution in [0, 0.1) is 41.5 Å². The molecule has 0 radical (unpaired) electrons. The van der Waals surface area contributed by atoms with Gasteiger partial charge in [-0.2, -0.15) is 19.1 Å². The summed E-state index contributed by atoms with van der Waals surface area (Å²) >= 11 is 0. The van der Waals surface area contributed by atoms with E-state index >= 15 is 0 Å². The Hall–Kier alpha value is -3.54. The van der Waals surface area contributed by atoms with Gasteiger partial charge in [0.05, 0.1) is 18.5 Å². The third-order valence-corrected chi connectivity index (χ3v) is 3.66. The molecule has 5 nitrogen and oxygen atoms in total. The van der Waals surface area contributed by atoms with Crippen LogP contribution in [0.2, 0.25) is 0 Å². The van der Waals surface area contributed by atoms with Gasteiger partial charge in [0.1, 0.15) is 17.4 Å². The number of hydrogen-bond acceptors (Lipinski definition) is 4. The van der Waals surface area contributed by atoms with E-state index in [1.54, 1.807) is 31.2 Å². The van der Waals surface area contributed by atoms with Crippen molar-refractivity contribution in [3.05, 3.63) is 64.9 Å². The zero-order chi connectivity index (χ0) is 19.7. The molecule has 0 amide bonds. The van der Waals surface area contributed by atoms with E-state index in [1.807, 2.05) is 0 Å². The summed E-state index contributed by atoms with van der Waals surface area (Å²) in [6.07, 6.45) is 0. The minimum absolute atomic E-state index is 0.182. The summed E-state index contributed by atoms with van der Waals surface area (Å²) < 4.78 is 67.2. The third kappa shape index (κ3) is 3.17. The standard InChI is InChI=1S/C18H11F4N3O2/c1-9-7-13(25(24-9)10-3-5-11(26-2)6-4-10)27-18-16(21)14(19)12(8-23)15(20)17(18)22/h3-7H,1-2H3. The summed E-state index contributed by atoms with van der Waals surface area (Å²) in [6, 6.07) is 8.85. The lowest BCUT2D eigenvalue weighted by molar-refractivity contribution is 0.351. The second-order valence-corrected chi connectivity index (χ2v) is 5.41. The van der Waals surface area contributed by atoms with Crippen LogP contribution < -0.4 is 9.47 Å². The van der Waals surface area contributed by atoms with Crippen molar-refractivity contribution in [2.24, 2.45) is 0 Å². The van der Waals surface area contributed by atoms with Crippen LogP contribution in [0.4, 0.5) is 17.6 Å². The van der Waals surface area contributed by atoms with Gasteiger partial charge in [-0.1, -0.05) is 0 Å². The van der Waals surface area contributed by atoms with Crippen molar-refractivity contribution in [1.82, 2.24) is 9.78 Å². The summed E-state index contributed by atoms with van der Waals surface area (Å²) in [7, 11) is 1.49. The van der Waals surface area contributed by atoms with Crippen molar-refractivity contribution in [1.29, 1.82) is 5.26 Å². The number of halogens is 4. The van der Waals surface area contributed by atoms with Crippen LogP contribution in [-0.2, 0) is 0 Å². The highest BCUT2D eigenvalue weighted by Gasteiger charge is 2.28. The molecule has 1 heterocycles. The Bertz CT molecular complexity index is 1030. The van der Waals surface area contributed by atoms with E-state index in [4.69, 9.17) is 14.7 Å². The van der Waals surface area contributed by atoms with Gasteiger partial charge in [0.25, 0.3) is 0 Å². The Labute approximate surface area is 151 Å². The molecule has 0 saturated carbocycles. The zero-order valence-corrected chi connectivity index (χ0v) is 14.1. The van der Waals surface area contributed by atoms with Crippen LogP contribution in [0.5, 0.6) is 17.4 Å². The van der Waals surface area contributed by atoms with Gasteiger partial charge in [-0.15, -0.1) is 0 Å². The first-order valence-electron chi connectivity index (χ1n) is 7.52. The van der Waals surface area contributed by atoms with Gasteiger partial charge in [-0.3, -0.25) is 0 Å². The summed E-state index contributed by atoms with van der Waals surface area (Å²) in [6.45, 7) is 1.60. The maximum atomic E-state index is 14.1. The Morgan fingerprint density at radius 2 is 1.59 bits per heavy atom. The van der Waals surface area contributed by atoms with Gasteiger partial charge in [-0.05, 0) is 31.2 Å². The average molecular weight is 377 g/mol. The number of nitrogens with zero attached hydrogens (tertiary/aromatic N) is 3. The number of ether oxygens (including phenoxy) is 2. The molecule has 0 spiro atoms. The van der Waals surface area contributed by atoms with Crippen molar-refractivity contribution in [3.63, 3.8) is 0 Å². The maximum Gasteiger partial charge on any atom is 0.223 e. The van der Waals surface area contributed by atoms with Crippen LogP contribution in [0.1, 0.15) is 11.3 Å². The minimum atomic E-state index is -1.83. The van der Waals surface area contributed by atoms with Crippen molar-refractivity contribution in [2.75, 3.05) is 7.11 Å². The largest absolute Gasteiger partial charge is 0.497 e. The summed E-state index contributed by atoms with van der Waals surface area (Å²) in [5.74, 6) is -8.22. The van der Waals surface area contributed by atoms with Crippen molar-refractivity contribution in [2.45, 2.75) is 6.92 Å². The molecule has 0 aliphatic carbocycles. The van der Waals surface area contributed by atoms with E-state index in [9.17, 15) is 17.6 Å². The molecule has 0 aliphatic heterocycles. The normalized spacial score (nSPS) is 10.6. The number of rotatable bonds is 4. The lowest BCUT2D eigenvalue weighted by Crippen LogP contribution is -2.06. The topological polar surface area (TPSA) is 60.1 Å². The second kappa shape index (κ2) is 6.99. The first-order valence-corrected chi connectivity index (χ1v) is 7.52. The molecule has 0 saturated heterocycles. The number of nitriles is 1. The smallest absolute Gasteiger partial charge is 0.223 e. The number of hydrogen-bond donors (Lipinski definition) is 0. The fourth-order valence-electron chi connectivity index (χ4n) is 2.36. The molecule has 0 atom stereocenters. The molecular weight excluding hydrogens is 366 g/mol. The highest BCUT2D eigenvalue weighted by Crippen LogP contribution is 2.34. The predicted molar refractivity (Wildman–Crippen MR) is 85.9 cm³/mol. The van der Waals surface area contributed by atoms with E-state index in [1.165, 1.54) is 17.9 Å². The molecule has 1 aromatic heterocycles. The van der Waals surface area contributed by atoms with Crippen LogP contribution in [0.3, 0.4) is 0 Å². The van der Waals surface area contributed by atoms with Gasteiger partial charge in [0.15, 0.2) is 11.6 Å². The number of benzene rings is 2. The number of aryl methyl sites for hydroxylation is 1. The Morgan fingerprint density at radius 1 is 1.00 bits per heavy atom. The fraction of sp³-hybridized carbons (Fsp3) is 0.111. The van der Waals surface area contributed by atoms with E-state index < -0.39 is 34.6 Å². The second-order valence-electron chi connectivity index (χ2n) is 5.41. The van der Waals surface area contributed by atoms with Crippen molar-refractivity contribution in [3.8, 4) is 29.1 Å². The molecule has 9 heteroatoms. The van der Waals surface area contributed by atoms with Crippen molar-refractivity contribution >= 4 is 0 Å². The van der Waals surface area contributed by atoms with Crippen LogP contribution in [0.25, 0.3) is 5.69 Å². The molecule has 0 N–H and O–H groups in total. The molecule has 2 aromatic carbocycles. The van der Waals surface area contributed by atoms with Crippen LogP contribution in [0.15, 0.2) is 30.3 Å². The summed E-state index contributed by atoms with van der Waals surface area (Å²) in [5.41, 5.74) is -0.484. The van der Waals surface area contributed by atoms with Crippen molar-refractivity contribution < 1.29 is 27.0 Å². The van der Waals surface area contributed by atoms with E-state index in [-0.39, 0.29) is 5.88 Å². The van der Waals surface area contributed by atoms with Crippen LogP contribution >= 0.6 is 0 Å². The van der Waals surface area contributed by atoms with E-state index in [0.29, 0.717) is 17.1 Å². The first kappa shape index (κ1) is 18.3. The Balaban J connectivity index is 2.09. The Morgan fingerprint density at radius 3 is 2.11 bits per heavy atom. The number of methoxy groups -OCH3 is 1. The highest BCUT2D eigenvalue weighted by molar-refractivity contribution is 5.44. The zero-order valence-electron chi connectivity index (χ0n) is 14.1. The van der Waals surface area contributed by atoms with Gasteiger partial charge >= 0.3 is 0 Å². The van der Waals surface area contributed by atoms with Gasteiger partial charge < -0.3 is 9.47 Å². The highest BCUT2D eigenvalue weighted by atomic mass is 19.2. The lowest BCUT2D eigenvalue weighted by Gasteiger charge is -2.12. The van der Waals surface area contributed by atoms with Gasteiger partial charge in [0, 0.05) is 6.07 Å². The lowest BCUT2D eigenvalue weighted by atomic mass is 10.2. The van der Waals surface area contributed by atoms with E-state index in [2.05, 4.69) is 5.10 Å². The third-order valence-electron chi connectivity index (χ3n) is 3.66. The molecule has 3 aromatic rings. The molecule has 0 fully saturated rings. The quantitative estimate of drug-likeness (QED) is 0.499. The maximum absolute atomic E-state index is 14.1. The van der Waals surface area contributed by atoms with Gasteiger partial charge in [0.2, 0.25) is 23.3 Å². The summed E-state index contributed by atoms with van der Waals surface area (Å²) in [4.78, 5) is 0. The molecule has 0 aliphatic rings. The fourth-order valence-corrected chi connectivity index (χ4v) is 2.36. The van der Waals surface area contributed by atoms with Crippen LogP contribution in [-0.4, -0.2) is 16.9 Å². The summed E-state index contributed by atoms with van der Waals surface area (Å²) in [5, 5.41) is 12.8. The number of aromatic nitrogens is 2. The minimum Gasteiger partial charge on any atom is -0.497 e. The average Bonchev–Trinajstić information content (AvgIpc) is 3.04. The predicted octanol–water partition coefficient (Wildman–Crippen LogP) is 4.41. The molecule has 3 rings (SSSR count). The molecule has 0 unspecified atom stereocenters. The molecule has 0 bridgehead atoms. The first-order chi connectivity index (χ1) is 12.9. The molecular formula is C18H11F4N3O2. The van der Waals surface area contributed by atoms with Gasteiger partial charge in [-0.25, -0.2) is 13.5 Å². The molecule has 27 heavy (non-hydrogen) atoms. The SMILES string of the molecule is COc1ccc(-n2nc(C)cc2Oc2c(F)c(F)c(C#N)c(F)c2F)cc1. The molecule has 138 valence electrons. The Kier molecular flexibility index (Phi) is 4.73. The monoisotopic (exact) mass is 377 g/mol. The van der Waals surface area contributed by atoms with E-state index in [0.717, 1.165) is 6.07 Å².